The first-order chi connectivity index (χ1) is 10.8. The van der Waals surface area contributed by atoms with E-state index in [0.29, 0.717) is 12.2 Å². The van der Waals surface area contributed by atoms with Gasteiger partial charge in [0.1, 0.15) is 5.75 Å². The summed E-state index contributed by atoms with van der Waals surface area (Å²) in [4.78, 5) is 22.7. The quantitative estimate of drug-likeness (QED) is 0.797. The van der Waals surface area contributed by atoms with Crippen molar-refractivity contribution in [1.29, 1.82) is 0 Å². The molecule has 2 rings (SSSR count). The number of anilines is 1. The maximum atomic E-state index is 12.4. The number of hydrogen-bond acceptors (Lipinski definition) is 5. The summed E-state index contributed by atoms with van der Waals surface area (Å²) >= 11 is 6.01. The van der Waals surface area contributed by atoms with E-state index in [1.807, 2.05) is 6.92 Å². The van der Waals surface area contributed by atoms with Crippen LogP contribution in [0.25, 0.3) is 0 Å². The molecule has 0 bridgehead atoms. The lowest BCUT2D eigenvalue weighted by Gasteiger charge is -2.19. The van der Waals surface area contributed by atoms with Crippen LogP contribution in [0.15, 0.2) is 17.0 Å². The lowest BCUT2D eigenvalue weighted by Crippen LogP contribution is -2.27. The third kappa shape index (κ3) is 4.35. The molecule has 0 saturated heterocycles. The zero-order valence-electron chi connectivity index (χ0n) is 12.5. The van der Waals surface area contributed by atoms with Crippen molar-refractivity contribution in [1.82, 2.24) is 5.32 Å². The number of ether oxygens (including phenoxy) is 1. The monoisotopic (exact) mass is 360 g/mol. The Morgan fingerprint density at radius 3 is 2.87 bits per heavy atom. The Morgan fingerprint density at radius 2 is 2.17 bits per heavy atom. The van der Waals surface area contributed by atoms with Crippen LogP contribution < -0.4 is 15.4 Å². The minimum Gasteiger partial charge on any atom is -0.482 e. The Labute approximate surface area is 139 Å². The number of benzene rings is 1. The molecule has 0 aromatic heterocycles. The van der Waals surface area contributed by atoms with Gasteiger partial charge in [-0.25, -0.2) is 8.42 Å². The Morgan fingerprint density at radius 1 is 1.43 bits per heavy atom. The van der Waals surface area contributed by atoms with Gasteiger partial charge in [0.15, 0.2) is 16.4 Å². The molecule has 0 saturated carbocycles. The van der Waals surface area contributed by atoms with Gasteiger partial charge in [-0.2, -0.15) is 0 Å². The molecule has 126 valence electrons. The van der Waals surface area contributed by atoms with Crippen LogP contribution in [0.5, 0.6) is 5.75 Å². The number of amides is 2. The van der Waals surface area contributed by atoms with E-state index in [4.69, 9.17) is 16.3 Å². The van der Waals surface area contributed by atoms with Gasteiger partial charge in [0.25, 0.3) is 5.91 Å². The SMILES string of the molecule is CCCNC(=O)CCS(=O)(=O)c1cc2c(cc1Cl)NC(=O)CO2. The average molecular weight is 361 g/mol. The number of nitrogens with one attached hydrogen (secondary N) is 2. The van der Waals surface area contributed by atoms with Crippen LogP contribution in [0.4, 0.5) is 5.69 Å². The fourth-order valence-electron chi connectivity index (χ4n) is 2.01. The smallest absolute Gasteiger partial charge is 0.262 e. The molecule has 1 aromatic rings. The summed E-state index contributed by atoms with van der Waals surface area (Å²) in [6.45, 7) is 2.22. The maximum Gasteiger partial charge on any atom is 0.262 e. The summed E-state index contributed by atoms with van der Waals surface area (Å²) in [6, 6.07) is 2.61. The summed E-state index contributed by atoms with van der Waals surface area (Å²) in [5, 5.41) is 5.14. The standard InChI is InChI=1S/C14H17ClN2O5S/c1-2-4-16-13(18)3-5-23(20,21)12-7-11-10(6-9(12)15)17-14(19)8-22-11/h6-7H,2-5,8H2,1H3,(H,16,18)(H,17,19). The van der Waals surface area contributed by atoms with Crippen molar-refractivity contribution >= 4 is 38.9 Å². The van der Waals surface area contributed by atoms with Gasteiger partial charge in [0, 0.05) is 19.0 Å². The van der Waals surface area contributed by atoms with Crippen LogP contribution >= 0.6 is 11.6 Å². The summed E-state index contributed by atoms with van der Waals surface area (Å²) in [5.41, 5.74) is 0.325. The van der Waals surface area contributed by atoms with Gasteiger partial charge >= 0.3 is 0 Å². The van der Waals surface area contributed by atoms with Gasteiger partial charge in [0.2, 0.25) is 5.91 Å². The van der Waals surface area contributed by atoms with Crippen molar-refractivity contribution in [2.45, 2.75) is 24.7 Å². The van der Waals surface area contributed by atoms with E-state index in [-0.39, 0.29) is 46.3 Å². The van der Waals surface area contributed by atoms with Crippen LogP contribution in [0.1, 0.15) is 19.8 Å². The Bertz CT molecular complexity index is 733. The van der Waals surface area contributed by atoms with Crippen LogP contribution in [-0.2, 0) is 19.4 Å². The number of rotatable bonds is 6. The van der Waals surface area contributed by atoms with E-state index in [1.165, 1.54) is 12.1 Å². The number of halogens is 1. The molecular weight excluding hydrogens is 344 g/mol. The molecule has 7 nitrogen and oxygen atoms in total. The predicted molar refractivity (Wildman–Crippen MR) is 85.5 cm³/mol. The topological polar surface area (TPSA) is 102 Å². The highest BCUT2D eigenvalue weighted by molar-refractivity contribution is 7.91. The molecule has 2 N–H and O–H groups in total. The summed E-state index contributed by atoms with van der Waals surface area (Å²) < 4.78 is 29.9. The third-order valence-corrected chi connectivity index (χ3v) is 5.35. The summed E-state index contributed by atoms with van der Waals surface area (Å²) in [7, 11) is -3.74. The van der Waals surface area contributed by atoms with Gasteiger partial charge in [-0.15, -0.1) is 0 Å². The van der Waals surface area contributed by atoms with E-state index >= 15 is 0 Å². The van der Waals surface area contributed by atoms with E-state index in [1.54, 1.807) is 0 Å². The molecule has 2 amide bonds. The maximum absolute atomic E-state index is 12.4. The molecule has 0 atom stereocenters. The van der Waals surface area contributed by atoms with Gasteiger partial charge in [-0.05, 0) is 12.5 Å². The first-order valence-corrected chi connectivity index (χ1v) is 9.12. The number of hydrogen-bond donors (Lipinski definition) is 2. The number of carbonyl (C=O) groups excluding carboxylic acids is 2. The highest BCUT2D eigenvalue weighted by atomic mass is 35.5. The zero-order chi connectivity index (χ0) is 17.0. The van der Waals surface area contributed by atoms with Crippen LogP contribution in [0, 0.1) is 0 Å². The van der Waals surface area contributed by atoms with Gasteiger partial charge in [-0.3, -0.25) is 9.59 Å². The molecular formula is C14H17ClN2O5S. The molecule has 1 aromatic carbocycles. The molecule has 0 spiro atoms. The largest absolute Gasteiger partial charge is 0.482 e. The molecule has 1 aliphatic heterocycles. The van der Waals surface area contributed by atoms with Crippen LogP contribution in [0.3, 0.4) is 0 Å². The molecule has 23 heavy (non-hydrogen) atoms. The minimum absolute atomic E-state index is 0.0245. The molecule has 1 aliphatic rings. The third-order valence-electron chi connectivity index (χ3n) is 3.17. The fourth-order valence-corrected chi connectivity index (χ4v) is 3.84. The Balaban J connectivity index is 2.16. The van der Waals surface area contributed by atoms with Crippen molar-refractivity contribution < 1.29 is 22.7 Å². The van der Waals surface area contributed by atoms with E-state index in [9.17, 15) is 18.0 Å². The van der Waals surface area contributed by atoms with Crippen LogP contribution in [0.2, 0.25) is 5.02 Å². The second kappa shape index (κ2) is 7.18. The summed E-state index contributed by atoms with van der Waals surface area (Å²) in [6.07, 6.45) is 0.630. The summed E-state index contributed by atoms with van der Waals surface area (Å²) in [5.74, 6) is -0.777. The minimum atomic E-state index is -3.74. The van der Waals surface area contributed by atoms with Gasteiger partial charge in [0.05, 0.1) is 21.4 Å². The Hall–Kier alpha value is -1.80. The lowest BCUT2D eigenvalue weighted by atomic mass is 10.2. The van der Waals surface area contributed by atoms with Gasteiger partial charge in [-0.1, -0.05) is 18.5 Å². The lowest BCUT2D eigenvalue weighted by molar-refractivity contribution is -0.120. The molecule has 0 unspecified atom stereocenters. The number of fused-ring (bicyclic) bond motifs is 1. The van der Waals surface area contributed by atoms with Crippen molar-refractivity contribution in [3.8, 4) is 5.75 Å². The molecule has 0 aliphatic carbocycles. The van der Waals surface area contributed by atoms with Gasteiger partial charge < -0.3 is 15.4 Å². The predicted octanol–water partition coefficient (Wildman–Crippen LogP) is 1.36. The Kier molecular flexibility index (Phi) is 5.48. The highest BCUT2D eigenvalue weighted by Crippen LogP contribution is 2.36. The number of carbonyl (C=O) groups is 2. The second-order valence-corrected chi connectivity index (χ2v) is 7.52. The van der Waals surface area contributed by atoms with Crippen molar-refractivity contribution in [2.24, 2.45) is 0 Å². The molecule has 0 fully saturated rings. The highest BCUT2D eigenvalue weighted by Gasteiger charge is 2.25. The van der Waals surface area contributed by atoms with Crippen molar-refractivity contribution in [3.05, 3.63) is 17.2 Å². The first-order valence-electron chi connectivity index (χ1n) is 7.09. The zero-order valence-corrected chi connectivity index (χ0v) is 14.1. The van der Waals surface area contributed by atoms with E-state index in [0.717, 1.165) is 6.42 Å². The normalized spacial score (nSPS) is 13.7. The molecule has 0 radical (unpaired) electrons. The van der Waals surface area contributed by atoms with E-state index in [2.05, 4.69) is 10.6 Å². The molecule has 9 heteroatoms. The van der Waals surface area contributed by atoms with Crippen LogP contribution in [-0.4, -0.2) is 39.1 Å². The van der Waals surface area contributed by atoms with E-state index < -0.39 is 9.84 Å². The molecule has 1 heterocycles. The second-order valence-electron chi connectivity index (χ2n) is 5.03. The fraction of sp³-hybridized carbons (Fsp3) is 0.429. The average Bonchev–Trinajstić information content (AvgIpc) is 2.50. The first kappa shape index (κ1) is 17.6. The van der Waals surface area contributed by atoms with Crippen molar-refractivity contribution in [2.75, 3.05) is 24.2 Å². The van der Waals surface area contributed by atoms with Crippen molar-refractivity contribution in [3.63, 3.8) is 0 Å². The number of sulfone groups is 1.